The molecule has 0 saturated carbocycles. The zero-order valence-corrected chi connectivity index (χ0v) is 72.1. The van der Waals surface area contributed by atoms with Crippen molar-refractivity contribution < 1.29 is 106 Å². The Labute approximate surface area is 740 Å². The monoisotopic (exact) mass is 1780 g/mol. The number of aromatic amines is 2. The first kappa shape index (κ1) is 94.3. The SMILES string of the molecule is COc1cccc2c1C(=O)c1c(O)c3c(c(O)c1C2=O)C[C@@](O)(C(=O)COC(=O)CCCC(=O)N[C@H](Cc1ccccc1)C(=O)N[C@@H](CCC(N)=O)C(=O)N[C@@H](Cc1c[nH]c2ccccc12)C(=O)N[C@@H](C)C(=O)N[C@H](C(=O)NCC(=O)N[C@@H](Cc1c[nH]cn1)C(=O)N[C@@H](Cc1ccccc1)CN1CSCC1C(N)=O)C(C)C)C[C@@H]3O[C@H]1C[C@H](N2C=CCC2)[C@H](O)[C@H](C)O1. The Bertz CT molecular complexity index is 5330. The van der Waals surface area contributed by atoms with E-state index in [0.717, 1.165) is 5.56 Å². The fourth-order valence-electron chi connectivity index (χ4n) is 16.7. The lowest BCUT2D eigenvalue weighted by Crippen LogP contribution is -2.60. The average molecular weight is 1780 g/mol. The second-order valence-electron chi connectivity index (χ2n) is 33.0. The second-order valence-corrected chi connectivity index (χ2v) is 34.0. The number of aromatic nitrogens is 3. The number of phenolic OH excluding ortho intramolecular Hbond substituents is 2. The number of thioether (sulfide) groups is 1. The number of nitrogens with two attached hydrogens (primary N) is 2. The Morgan fingerprint density at radius 1 is 0.703 bits per heavy atom. The summed E-state index contributed by atoms with van der Waals surface area (Å²) in [6.45, 7) is 5.30. The third-order valence-corrected chi connectivity index (χ3v) is 24.5. The molecule has 2 aliphatic carbocycles. The minimum absolute atomic E-state index is 0.00970. The van der Waals surface area contributed by atoms with Crippen molar-refractivity contribution in [2.75, 3.05) is 45.0 Å². The number of hydrogen-bond donors (Lipinski definition) is 16. The number of carbonyl (C=O) groups is 14. The van der Waals surface area contributed by atoms with E-state index in [1.807, 2.05) is 52.4 Å². The summed E-state index contributed by atoms with van der Waals surface area (Å²) in [6, 6.07) is 18.9. The Balaban J connectivity index is 0.679. The summed E-state index contributed by atoms with van der Waals surface area (Å²) in [5.41, 5.74) is 9.77. The number of aromatic hydroxyl groups is 2. The third-order valence-electron chi connectivity index (χ3n) is 23.5. The van der Waals surface area contributed by atoms with Gasteiger partial charge >= 0.3 is 5.97 Å². The van der Waals surface area contributed by atoms with Gasteiger partial charge in [0.25, 0.3) is 0 Å². The first-order valence-corrected chi connectivity index (χ1v) is 43.5. The number of esters is 1. The molecule has 128 heavy (non-hydrogen) atoms. The summed E-state index contributed by atoms with van der Waals surface area (Å²) in [7, 11) is 1.29. The largest absolute Gasteiger partial charge is 0.507 e. The lowest BCUT2D eigenvalue weighted by atomic mass is 9.72. The van der Waals surface area contributed by atoms with E-state index >= 15 is 0 Å². The van der Waals surface area contributed by atoms with Crippen LogP contribution >= 0.6 is 11.8 Å². The summed E-state index contributed by atoms with van der Waals surface area (Å²) in [5, 5.41) is 70.3. The Morgan fingerprint density at radius 2 is 1.37 bits per heavy atom. The van der Waals surface area contributed by atoms with Crippen molar-refractivity contribution in [2.45, 2.75) is 196 Å². The zero-order valence-electron chi connectivity index (χ0n) is 71.3. The fraction of sp³-hybridized carbons (Fsp3) is 0.433. The number of primary amides is 2. The molecule has 0 spiro atoms. The van der Waals surface area contributed by atoms with Crippen molar-refractivity contribution in [1.29, 1.82) is 0 Å². The summed E-state index contributed by atoms with van der Waals surface area (Å²) in [6.07, 6.45) is 0.834. The predicted molar refractivity (Wildman–Crippen MR) is 463 cm³/mol. The molecule has 2 aromatic heterocycles. The number of rotatable bonds is 41. The van der Waals surface area contributed by atoms with Crippen molar-refractivity contribution in [3.05, 3.63) is 190 Å². The lowest BCUT2D eigenvalue weighted by Gasteiger charge is -2.44. The number of carbonyl (C=O) groups excluding carboxylic acids is 14. The van der Waals surface area contributed by atoms with Crippen molar-refractivity contribution in [2.24, 2.45) is 17.4 Å². The van der Waals surface area contributed by atoms with Gasteiger partial charge in [0, 0.05) is 129 Å². The van der Waals surface area contributed by atoms with Gasteiger partial charge in [-0.05, 0) is 80.5 Å². The molecule has 5 aliphatic rings. The van der Waals surface area contributed by atoms with E-state index in [9.17, 15) is 87.5 Å². The maximum absolute atomic E-state index is 14.8. The van der Waals surface area contributed by atoms with Gasteiger partial charge in [0.15, 0.2) is 18.7 Å². The van der Waals surface area contributed by atoms with Crippen LogP contribution in [-0.4, -0.2) is 251 Å². The van der Waals surface area contributed by atoms with Crippen LogP contribution in [0.2, 0.25) is 0 Å². The molecule has 2 saturated heterocycles. The molecule has 3 aliphatic heterocycles. The average Bonchev–Trinajstić information content (AvgIpc) is 0.781. The molecule has 10 amide bonds. The number of ether oxygens (including phenoxy) is 4. The molecular weight excluding hydrogens is 1680 g/mol. The van der Waals surface area contributed by atoms with Crippen LogP contribution in [0.4, 0.5) is 0 Å². The molecule has 38 heteroatoms. The summed E-state index contributed by atoms with van der Waals surface area (Å²) < 4.78 is 23.5. The Morgan fingerprint density at radius 3 is 2.05 bits per heavy atom. The highest BCUT2D eigenvalue weighted by Crippen LogP contribution is 2.53. The normalized spacial score (nSPS) is 20.5. The number of aliphatic hydroxyl groups excluding tert-OH is 1. The fourth-order valence-corrected chi connectivity index (χ4v) is 17.9. The van der Waals surface area contributed by atoms with Crippen molar-refractivity contribution in [3.8, 4) is 17.2 Å². The second kappa shape index (κ2) is 42.6. The van der Waals surface area contributed by atoms with E-state index in [2.05, 4.69) is 57.5 Å². The highest BCUT2D eigenvalue weighted by molar-refractivity contribution is 7.99. The number of methoxy groups -OCH3 is 1. The Hall–Kier alpha value is -12.9. The number of para-hydroxylation sites is 1. The molecule has 37 nitrogen and oxygen atoms in total. The van der Waals surface area contributed by atoms with Gasteiger partial charge in [0.2, 0.25) is 70.6 Å². The number of benzene rings is 5. The number of phenols is 2. The molecule has 0 bridgehead atoms. The number of nitrogens with one attached hydrogen (secondary N) is 10. The quantitative estimate of drug-likeness (QED) is 0.0191. The summed E-state index contributed by atoms with van der Waals surface area (Å²) in [4.78, 5) is 210. The van der Waals surface area contributed by atoms with Gasteiger partial charge in [0.1, 0.15) is 65.2 Å². The number of aliphatic hydroxyl groups is 2. The van der Waals surface area contributed by atoms with E-state index in [0.29, 0.717) is 58.7 Å². The number of amides is 10. The van der Waals surface area contributed by atoms with Crippen LogP contribution in [0.15, 0.2) is 134 Å². The summed E-state index contributed by atoms with van der Waals surface area (Å²) >= 11 is 1.53. The minimum atomic E-state index is -2.57. The van der Waals surface area contributed by atoms with Crippen LogP contribution in [0.25, 0.3) is 10.9 Å². The number of Topliss-reactive ketones (excluding diaryl/α,β-unsaturated/α-hetero) is 1. The van der Waals surface area contributed by atoms with Crippen molar-refractivity contribution in [1.82, 2.24) is 67.3 Å². The molecule has 18 N–H and O–H groups in total. The van der Waals surface area contributed by atoms with E-state index < -0.39 is 247 Å². The van der Waals surface area contributed by atoms with Gasteiger partial charge < -0.3 is 108 Å². The van der Waals surface area contributed by atoms with Gasteiger partial charge in [-0.1, -0.05) is 111 Å². The molecule has 12 rings (SSSR count). The zero-order chi connectivity index (χ0) is 91.8. The minimum Gasteiger partial charge on any atom is -0.507 e. The number of hydrogen-bond acceptors (Lipinski definition) is 26. The topological polar surface area (TPSA) is 556 Å². The molecule has 7 aromatic rings. The number of imidazole rings is 1. The number of nitrogens with zero attached hydrogens (tertiary/aromatic N) is 3. The molecule has 0 radical (unpaired) electrons. The molecular formula is C90H107N15O22S. The van der Waals surface area contributed by atoms with E-state index in [-0.39, 0.29) is 66.7 Å². The molecule has 5 aromatic carbocycles. The molecule has 680 valence electrons. The maximum Gasteiger partial charge on any atom is 0.306 e. The van der Waals surface area contributed by atoms with Crippen LogP contribution in [0.5, 0.6) is 17.2 Å². The van der Waals surface area contributed by atoms with Gasteiger partial charge in [-0.15, -0.1) is 11.8 Å². The van der Waals surface area contributed by atoms with Crippen molar-refractivity contribution in [3.63, 3.8) is 0 Å². The van der Waals surface area contributed by atoms with E-state index in [4.69, 9.17) is 30.4 Å². The molecule has 14 atom stereocenters. The van der Waals surface area contributed by atoms with Gasteiger partial charge in [-0.25, -0.2) is 4.98 Å². The lowest BCUT2D eigenvalue weighted by molar-refractivity contribution is -0.256. The van der Waals surface area contributed by atoms with E-state index in [1.54, 1.807) is 87.8 Å². The maximum atomic E-state index is 14.8. The van der Waals surface area contributed by atoms with Crippen LogP contribution in [0.3, 0.4) is 0 Å². The van der Waals surface area contributed by atoms with Crippen LogP contribution in [-0.2, 0) is 104 Å². The van der Waals surface area contributed by atoms with Gasteiger partial charge in [-0.3, -0.25) is 72.0 Å². The molecule has 2 fully saturated rings. The van der Waals surface area contributed by atoms with Crippen LogP contribution in [0.1, 0.15) is 151 Å². The number of fused-ring (bicyclic) bond motifs is 4. The van der Waals surface area contributed by atoms with Gasteiger partial charge in [0.05, 0.1) is 66.7 Å². The standard InChI is InChI=1S/C90H107N15O22S/c1-47(2)77(89(122)95-41-70(109)100-62(35-53-40-93-45-96-53)87(120)98-54(32-50-18-8-6-9-19-50)42-105-46-128-44-64(105)83(92)116)103-84(117)48(3)97-86(119)61(34-52-39-94-58-24-13-12-22-55(52)58)102-85(118)59(28-29-68(91)107)101-88(121)60(33-51-20-10-7-11-21-51)99-69(108)26-17-27-71(110)125-43-67(106)90(123)37-57-74(66(38-90)127-72-36-63(78(111)49(4)126-72)104-30-14-15-31-104)82(115)76-75(80(57)113)79(112)56-23-16-25-65(124-5)73(56)81(76)114/h6-14,16,18-25,30,39-40,45,47-49,54,59-64,66,72,77-78,94,111,113,115,123H,15,17,26-29,31-38,41-44,46H2,1-5H3,(H2,91,107)(H2,92,116)(H,93,96)(H,95,122)(H,97,119)(H,98,120)(H,99,108)(H,100,109)(H,101,121)(H,102,118)(H,103,117)/t48-,49-,54-,59-,60+,61-,62-,63-,64?,66-,72-,77-,78+,90-/m0/s1. The number of H-pyrrole nitrogens is 2. The van der Waals surface area contributed by atoms with E-state index in [1.165, 1.54) is 50.3 Å². The summed E-state index contributed by atoms with van der Waals surface area (Å²) in [5.74, 6) is -13.2. The third kappa shape index (κ3) is 23.1. The highest BCUT2D eigenvalue weighted by Gasteiger charge is 2.52. The van der Waals surface area contributed by atoms with Gasteiger partial charge in [-0.2, -0.15) is 0 Å². The first-order valence-electron chi connectivity index (χ1n) is 42.3. The van der Waals surface area contributed by atoms with Crippen LogP contribution < -0.4 is 58.7 Å². The number of ketones is 3. The molecule has 5 heterocycles. The molecule has 1 unspecified atom stereocenters. The first-order chi connectivity index (χ1) is 61.3. The highest BCUT2D eigenvalue weighted by atomic mass is 32.2. The van der Waals surface area contributed by atoms with Crippen LogP contribution in [0, 0.1) is 5.92 Å². The Kier molecular flexibility index (Phi) is 31.4. The smallest absolute Gasteiger partial charge is 0.306 e. The van der Waals surface area contributed by atoms with Crippen molar-refractivity contribution >= 4 is 105 Å². The predicted octanol–water partition coefficient (Wildman–Crippen LogP) is 1.47.